The van der Waals surface area contributed by atoms with E-state index in [2.05, 4.69) is 25.6 Å². The van der Waals surface area contributed by atoms with E-state index in [0.717, 1.165) is 6.20 Å². The summed E-state index contributed by atoms with van der Waals surface area (Å²) in [5.74, 6) is -0.444. The average molecular weight is 247 g/mol. The van der Waals surface area contributed by atoms with Crippen LogP contribution in [0.5, 0.6) is 0 Å². The molecule has 92 valence electrons. The first kappa shape index (κ1) is 11.9. The minimum absolute atomic E-state index is 0.137. The fourth-order valence-electron chi connectivity index (χ4n) is 1.25. The number of halogens is 1. The molecule has 0 radical (unpaired) electrons. The lowest BCUT2D eigenvalue weighted by Gasteiger charge is -2.04. The van der Waals surface area contributed by atoms with E-state index in [1.807, 2.05) is 0 Å². The second-order valence-corrected chi connectivity index (χ2v) is 3.38. The molecule has 1 amide bonds. The molecule has 0 unspecified atom stereocenters. The second kappa shape index (κ2) is 5.17. The van der Waals surface area contributed by atoms with E-state index in [1.165, 1.54) is 24.7 Å². The molecule has 0 fully saturated rings. The average Bonchev–Trinajstić information content (AvgIpc) is 2.39. The van der Waals surface area contributed by atoms with Crippen molar-refractivity contribution >= 4 is 17.4 Å². The van der Waals surface area contributed by atoms with Crippen LogP contribution in [0.25, 0.3) is 0 Å². The van der Waals surface area contributed by atoms with Gasteiger partial charge in [0.05, 0.1) is 30.5 Å². The number of nitrogens with one attached hydrogen (secondary N) is 2. The maximum atomic E-state index is 12.9. The van der Waals surface area contributed by atoms with Crippen LogP contribution < -0.4 is 10.6 Å². The standard InChI is InChI=1S/C11H10FN5O/c1-13-10-6-15-9(5-16-10)11(18)17-8-2-7(12)3-14-4-8/h2-6H,1H3,(H,13,16)(H,17,18). The van der Waals surface area contributed by atoms with Crippen LogP contribution in [0.15, 0.2) is 30.9 Å². The quantitative estimate of drug-likeness (QED) is 0.854. The van der Waals surface area contributed by atoms with Crippen molar-refractivity contribution in [3.8, 4) is 0 Å². The fraction of sp³-hybridized carbons (Fsp3) is 0.0909. The number of aromatic nitrogens is 3. The number of hydrogen-bond acceptors (Lipinski definition) is 5. The molecule has 0 aliphatic heterocycles. The van der Waals surface area contributed by atoms with E-state index in [1.54, 1.807) is 7.05 Å². The first-order valence-corrected chi connectivity index (χ1v) is 5.11. The highest BCUT2D eigenvalue weighted by Gasteiger charge is 2.08. The van der Waals surface area contributed by atoms with Gasteiger partial charge in [-0.2, -0.15) is 0 Å². The largest absolute Gasteiger partial charge is 0.372 e. The predicted molar refractivity (Wildman–Crippen MR) is 63.7 cm³/mol. The summed E-state index contributed by atoms with van der Waals surface area (Å²) in [7, 11) is 1.70. The Balaban J connectivity index is 2.11. The molecule has 0 atom stereocenters. The van der Waals surface area contributed by atoms with E-state index in [9.17, 15) is 9.18 Å². The van der Waals surface area contributed by atoms with Crippen LogP contribution in [0.4, 0.5) is 15.9 Å². The van der Waals surface area contributed by atoms with Crippen LogP contribution in [0.1, 0.15) is 10.5 Å². The lowest BCUT2D eigenvalue weighted by Crippen LogP contribution is -2.14. The number of hydrogen-bond donors (Lipinski definition) is 2. The Morgan fingerprint density at radius 3 is 2.67 bits per heavy atom. The molecule has 2 N–H and O–H groups in total. The number of carbonyl (C=O) groups excluding carboxylic acids is 1. The second-order valence-electron chi connectivity index (χ2n) is 3.38. The summed E-state index contributed by atoms with van der Waals surface area (Å²) >= 11 is 0. The number of anilines is 2. The minimum Gasteiger partial charge on any atom is -0.372 e. The molecule has 0 saturated heterocycles. The maximum absolute atomic E-state index is 12.9. The monoisotopic (exact) mass is 247 g/mol. The van der Waals surface area contributed by atoms with E-state index >= 15 is 0 Å². The molecule has 0 spiro atoms. The summed E-state index contributed by atoms with van der Waals surface area (Å²) in [6, 6.07) is 1.17. The summed E-state index contributed by atoms with van der Waals surface area (Å²) in [5, 5.41) is 5.26. The van der Waals surface area contributed by atoms with Gasteiger partial charge in [0, 0.05) is 13.1 Å². The first-order valence-electron chi connectivity index (χ1n) is 5.11. The lowest BCUT2D eigenvalue weighted by molar-refractivity contribution is 0.102. The van der Waals surface area contributed by atoms with Gasteiger partial charge in [0.15, 0.2) is 0 Å². The van der Waals surface area contributed by atoms with Gasteiger partial charge in [0.2, 0.25) is 0 Å². The lowest BCUT2D eigenvalue weighted by atomic mass is 10.3. The molecule has 2 aromatic rings. The third kappa shape index (κ3) is 2.76. The van der Waals surface area contributed by atoms with Crippen molar-refractivity contribution in [3.63, 3.8) is 0 Å². The molecule has 6 nitrogen and oxygen atoms in total. The van der Waals surface area contributed by atoms with Gasteiger partial charge < -0.3 is 10.6 Å². The number of rotatable bonds is 3. The van der Waals surface area contributed by atoms with Crippen molar-refractivity contribution in [3.05, 3.63) is 42.4 Å². The number of amides is 1. The Morgan fingerprint density at radius 1 is 1.22 bits per heavy atom. The highest BCUT2D eigenvalue weighted by molar-refractivity contribution is 6.02. The highest BCUT2D eigenvalue weighted by Crippen LogP contribution is 2.08. The normalized spacial score (nSPS) is 9.89. The fourth-order valence-corrected chi connectivity index (χ4v) is 1.25. The Labute approximate surface area is 102 Å². The van der Waals surface area contributed by atoms with Crippen molar-refractivity contribution in [1.29, 1.82) is 0 Å². The van der Waals surface area contributed by atoms with Crippen LogP contribution in [-0.2, 0) is 0 Å². The number of carbonyl (C=O) groups is 1. The topological polar surface area (TPSA) is 79.8 Å². The summed E-state index contributed by atoms with van der Waals surface area (Å²) in [4.78, 5) is 23.2. The van der Waals surface area contributed by atoms with Crippen molar-refractivity contribution < 1.29 is 9.18 Å². The smallest absolute Gasteiger partial charge is 0.275 e. The van der Waals surface area contributed by atoms with Gasteiger partial charge in [0.1, 0.15) is 17.3 Å². The van der Waals surface area contributed by atoms with Crippen LogP contribution in [0, 0.1) is 5.82 Å². The van der Waals surface area contributed by atoms with E-state index in [4.69, 9.17) is 0 Å². The number of nitrogens with zero attached hydrogens (tertiary/aromatic N) is 3. The van der Waals surface area contributed by atoms with Gasteiger partial charge in [-0.25, -0.2) is 14.4 Å². The molecule has 0 aromatic carbocycles. The molecule has 18 heavy (non-hydrogen) atoms. The molecular weight excluding hydrogens is 237 g/mol. The van der Waals surface area contributed by atoms with Crippen LogP contribution in [0.2, 0.25) is 0 Å². The van der Waals surface area contributed by atoms with Crippen molar-refractivity contribution in [2.75, 3.05) is 17.7 Å². The van der Waals surface area contributed by atoms with Gasteiger partial charge in [-0.3, -0.25) is 9.78 Å². The molecule has 2 heterocycles. The Kier molecular flexibility index (Phi) is 3.42. The molecule has 7 heteroatoms. The van der Waals surface area contributed by atoms with Gasteiger partial charge in [-0.1, -0.05) is 0 Å². The minimum atomic E-state index is -0.524. The van der Waals surface area contributed by atoms with Crippen molar-refractivity contribution in [2.24, 2.45) is 0 Å². The summed E-state index contributed by atoms with van der Waals surface area (Å²) < 4.78 is 12.9. The van der Waals surface area contributed by atoms with Crippen molar-refractivity contribution in [2.45, 2.75) is 0 Å². The third-order valence-electron chi connectivity index (χ3n) is 2.10. The zero-order valence-corrected chi connectivity index (χ0v) is 9.51. The van der Waals surface area contributed by atoms with Gasteiger partial charge >= 0.3 is 0 Å². The zero-order valence-electron chi connectivity index (χ0n) is 9.51. The van der Waals surface area contributed by atoms with Crippen LogP contribution >= 0.6 is 0 Å². The Bertz CT molecular complexity index is 558. The van der Waals surface area contributed by atoms with Crippen molar-refractivity contribution in [1.82, 2.24) is 15.0 Å². The molecular formula is C11H10FN5O. The number of pyridine rings is 1. The highest BCUT2D eigenvalue weighted by atomic mass is 19.1. The van der Waals surface area contributed by atoms with E-state index < -0.39 is 11.7 Å². The van der Waals surface area contributed by atoms with Gasteiger partial charge in [-0.15, -0.1) is 0 Å². The third-order valence-corrected chi connectivity index (χ3v) is 2.10. The summed E-state index contributed by atoms with van der Waals surface area (Å²) in [6.45, 7) is 0. The Hall–Kier alpha value is -2.57. The maximum Gasteiger partial charge on any atom is 0.275 e. The molecule has 0 saturated carbocycles. The summed E-state index contributed by atoms with van der Waals surface area (Å²) in [5.41, 5.74) is 0.401. The van der Waals surface area contributed by atoms with Crippen LogP contribution in [0.3, 0.4) is 0 Å². The zero-order chi connectivity index (χ0) is 13.0. The van der Waals surface area contributed by atoms with Gasteiger partial charge in [0.25, 0.3) is 5.91 Å². The SMILES string of the molecule is CNc1cnc(C(=O)Nc2cncc(F)c2)cn1. The molecule has 0 bridgehead atoms. The van der Waals surface area contributed by atoms with Gasteiger partial charge in [-0.05, 0) is 0 Å². The first-order chi connectivity index (χ1) is 8.69. The van der Waals surface area contributed by atoms with E-state index in [-0.39, 0.29) is 11.4 Å². The predicted octanol–water partition coefficient (Wildman–Crippen LogP) is 1.30. The Morgan fingerprint density at radius 2 is 2.06 bits per heavy atom. The summed E-state index contributed by atoms with van der Waals surface area (Å²) in [6.07, 6.45) is 5.15. The molecule has 0 aliphatic carbocycles. The van der Waals surface area contributed by atoms with Crippen LogP contribution in [-0.4, -0.2) is 27.9 Å². The molecule has 0 aliphatic rings. The molecule has 2 rings (SSSR count). The molecule has 2 aromatic heterocycles. The van der Waals surface area contributed by atoms with E-state index in [0.29, 0.717) is 5.82 Å².